The predicted octanol–water partition coefficient (Wildman–Crippen LogP) is 3.07. The second-order valence-electron chi connectivity index (χ2n) is 3.00. The van der Waals surface area contributed by atoms with Gasteiger partial charge in [0.25, 0.3) is 0 Å². The monoisotopic (exact) mass is 153 g/mol. The molecule has 0 aromatic rings. The molecule has 0 rings (SSSR count). The number of rotatable bonds is 4. The zero-order chi connectivity index (χ0) is 8.69. The number of hydrogen-bond acceptors (Lipinski definition) is 1. The van der Waals surface area contributed by atoms with E-state index >= 15 is 0 Å². The van der Waals surface area contributed by atoms with Crippen molar-refractivity contribution in [1.29, 1.82) is 0 Å². The van der Waals surface area contributed by atoms with Crippen LogP contribution in [0.3, 0.4) is 0 Å². The molecule has 0 saturated heterocycles. The average Bonchev–Trinajstić information content (AvgIpc) is 2.01. The Morgan fingerprint density at radius 1 is 1.55 bits per heavy atom. The van der Waals surface area contributed by atoms with Crippen molar-refractivity contribution in [2.75, 3.05) is 6.54 Å². The van der Waals surface area contributed by atoms with E-state index in [2.05, 4.69) is 18.8 Å². The van der Waals surface area contributed by atoms with Crippen LogP contribution in [0.2, 0.25) is 0 Å². The molecule has 0 aliphatic rings. The Labute approximate surface area is 70.2 Å². The van der Waals surface area contributed by atoms with Crippen LogP contribution in [-0.4, -0.2) is 12.3 Å². The van der Waals surface area contributed by atoms with Gasteiger partial charge >= 0.3 is 0 Å². The van der Waals surface area contributed by atoms with Crippen molar-refractivity contribution in [2.45, 2.75) is 34.1 Å². The van der Waals surface area contributed by atoms with Gasteiger partial charge in [-0.05, 0) is 25.8 Å². The minimum Gasteiger partial charge on any atom is -0.290 e. The SMILES string of the molecule is C/C=C\C(C)=NCC(C)CC. The fourth-order valence-corrected chi connectivity index (χ4v) is 0.723. The molecule has 0 amide bonds. The van der Waals surface area contributed by atoms with Gasteiger partial charge in [0, 0.05) is 12.3 Å². The molecule has 0 N–H and O–H groups in total. The number of hydrogen-bond donors (Lipinski definition) is 0. The van der Waals surface area contributed by atoms with Crippen molar-refractivity contribution in [3.63, 3.8) is 0 Å². The smallest absolute Gasteiger partial charge is 0.0417 e. The van der Waals surface area contributed by atoms with E-state index < -0.39 is 0 Å². The zero-order valence-electron chi connectivity index (χ0n) is 8.09. The molecule has 1 unspecified atom stereocenters. The second kappa shape index (κ2) is 6.14. The highest BCUT2D eigenvalue weighted by molar-refractivity contribution is 5.92. The molecule has 1 atom stereocenters. The van der Waals surface area contributed by atoms with E-state index in [1.54, 1.807) is 0 Å². The first-order chi connectivity index (χ1) is 5.20. The predicted molar refractivity (Wildman–Crippen MR) is 52.2 cm³/mol. The number of aliphatic imine (C=N–C) groups is 1. The first-order valence-corrected chi connectivity index (χ1v) is 4.34. The quantitative estimate of drug-likeness (QED) is 0.550. The summed E-state index contributed by atoms with van der Waals surface area (Å²) >= 11 is 0. The fourth-order valence-electron chi connectivity index (χ4n) is 0.723. The van der Waals surface area contributed by atoms with E-state index in [9.17, 15) is 0 Å². The van der Waals surface area contributed by atoms with Gasteiger partial charge in [-0.15, -0.1) is 0 Å². The Morgan fingerprint density at radius 2 is 2.18 bits per heavy atom. The molecule has 1 heteroatoms. The second-order valence-corrected chi connectivity index (χ2v) is 3.00. The van der Waals surface area contributed by atoms with E-state index in [4.69, 9.17) is 0 Å². The van der Waals surface area contributed by atoms with Gasteiger partial charge in [0.05, 0.1) is 0 Å². The summed E-state index contributed by atoms with van der Waals surface area (Å²) in [5.74, 6) is 0.718. The van der Waals surface area contributed by atoms with Crippen molar-refractivity contribution in [3.05, 3.63) is 12.2 Å². The molecule has 1 nitrogen and oxygen atoms in total. The lowest BCUT2D eigenvalue weighted by atomic mass is 10.1. The van der Waals surface area contributed by atoms with E-state index in [1.165, 1.54) is 6.42 Å². The summed E-state index contributed by atoms with van der Waals surface area (Å²) in [5, 5.41) is 0. The summed E-state index contributed by atoms with van der Waals surface area (Å²) in [5.41, 5.74) is 1.13. The Morgan fingerprint density at radius 3 is 2.64 bits per heavy atom. The van der Waals surface area contributed by atoms with Crippen LogP contribution in [0, 0.1) is 5.92 Å². The Kier molecular flexibility index (Phi) is 5.81. The van der Waals surface area contributed by atoms with Crippen LogP contribution in [0.4, 0.5) is 0 Å². The van der Waals surface area contributed by atoms with Gasteiger partial charge in [0.15, 0.2) is 0 Å². The molecular formula is C10H19N. The number of allylic oxidation sites excluding steroid dienone is 2. The number of nitrogens with zero attached hydrogens (tertiary/aromatic N) is 1. The van der Waals surface area contributed by atoms with Crippen LogP contribution >= 0.6 is 0 Å². The van der Waals surface area contributed by atoms with Crippen LogP contribution < -0.4 is 0 Å². The third-order valence-electron chi connectivity index (χ3n) is 1.76. The van der Waals surface area contributed by atoms with Gasteiger partial charge in [-0.2, -0.15) is 0 Å². The van der Waals surface area contributed by atoms with Crippen molar-refractivity contribution < 1.29 is 0 Å². The molecule has 0 radical (unpaired) electrons. The lowest BCUT2D eigenvalue weighted by Gasteiger charge is -2.02. The molecule has 0 fully saturated rings. The molecule has 0 bridgehead atoms. The molecular weight excluding hydrogens is 134 g/mol. The highest BCUT2D eigenvalue weighted by Crippen LogP contribution is 2.00. The highest BCUT2D eigenvalue weighted by Gasteiger charge is 1.94. The largest absolute Gasteiger partial charge is 0.290 e. The summed E-state index contributed by atoms with van der Waals surface area (Å²) in [6, 6.07) is 0. The first-order valence-electron chi connectivity index (χ1n) is 4.34. The van der Waals surface area contributed by atoms with Crippen molar-refractivity contribution >= 4 is 5.71 Å². The molecule has 11 heavy (non-hydrogen) atoms. The standard InChI is InChI=1S/C10H19N/c1-5-7-10(4)11-8-9(3)6-2/h5,7,9H,6,8H2,1-4H3/b7-5-,11-10?. The zero-order valence-corrected chi connectivity index (χ0v) is 8.09. The maximum absolute atomic E-state index is 4.41. The molecule has 0 aliphatic carbocycles. The van der Waals surface area contributed by atoms with Gasteiger partial charge in [-0.3, -0.25) is 4.99 Å². The minimum absolute atomic E-state index is 0.718. The van der Waals surface area contributed by atoms with Crippen LogP contribution in [0.15, 0.2) is 17.1 Å². The van der Waals surface area contributed by atoms with Gasteiger partial charge in [-0.1, -0.05) is 26.3 Å². The van der Waals surface area contributed by atoms with Crippen LogP contribution in [0.5, 0.6) is 0 Å². The first kappa shape index (κ1) is 10.4. The Balaban J connectivity index is 3.72. The summed E-state index contributed by atoms with van der Waals surface area (Å²) in [4.78, 5) is 4.41. The van der Waals surface area contributed by atoms with Crippen LogP contribution in [0.1, 0.15) is 34.1 Å². The van der Waals surface area contributed by atoms with Crippen molar-refractivity contribution in [3.8, 4) is 0 Å². The lowest BCUT2D eigenvalue weighted by molar-refractivity contribution is 0.577. The normalized spacial score (nSPS) is 15.8. The maximum Gasteiger partial charge on any atom is 0.0417 e. The topological polar surface area (TPSA) is 12.4 Å². The third-order valence-corrected chi connectivity index (χ3v) is 1.76. The van der Waals surface area contributed by atoms with Crippen LogP contribution in [0.25, 0.3) is 0 Å². The maximum atomic E-state index is 4.41. The van der Waals surface area contributed by atoms with Crippen molar-refractivity contribution in [2.24, 2.45) is 10.9 Å². The van der Waals surface area contributed by atoms with Gasteiger partial charge < -0.3 is 0 Å². The van der Waals surface area contributed by atoms with E-state index in [-0.39, 0.29) is 0 Å². The Hall–Kier alpha value is -0.590. The van der Waals surface area contributed by atoms with E-state index in [0.29, 0.717) is 0 Å². The molecule has 0 saturated carbocycles. The molecule has 64 valence electrons. The van der Waals surface area contributed by atoms with Gasteiger partial charge in [-0.25, -0.2) is 0 Å². The molecule has 0 spiro atoms. The molecule has 0 aliphatic heterocycles. The summed E-state index contributed by atoms with van der Waals surface area (Å²) in [6.07, 6.45) is 5.28. The molecule has 0 heterocycles. The molecule has 0 aromatic heterocycles. The van der Waals surface area contributed by atoms with E-state index in [0.717, 1.165) is 18.2 Å². The lowest BCUT2D eigenvalue weighted by Crippen LogP contribution is -1.99. The summed E-state index contributed by atoms with van der Waals surface area (Å²) < 4.78 is 0. The van der Waals surface area contributed by atoms with E-state index in [1.807, 2.05) is 26.0 Å². The fraction of sp³-hybridized carbons (Fsp3) is 0.700. The average molecular weight is 153 g/mol. The van der Waals surface area contributed by atoms with Crippen molar-refractivity contribution in [1.82, 2.24) is 0 Å². The molecule has 0 aromatic carbocycles. The highest BCUT2D eigenvalue weighted by atomic mass is 14.7. The van der Waals surface area contributed by atoms with Gasteiger partial charge in [0.1, 0.15) is 0 Å². The van der Waals surface area contributed by atoms with Gasteiger partial charge in [0.2, 0.25) is 0 Å². The summed E-state index contributed by atoms with van der Waals surface area (Å²) in [6.45, 7) is 9.45. The third kappa shape index (κ3) is 5.84. The summed E-state index contributed by atoms with van der Waals surface area (Å²) in [7, 11) is 0. The minimum atomic E-state index is 0.718. The van der Waals surface area contributed by atoms with Crippen LogP contribution in [-0.2, 0) is 0 Å². The Bertz CT molecular complexity index is 145.